The Kier molecular flexibility index (Phi) is 6.37. The molecular formula is C24H24ClFN2O4. The first-order valence-corrected chi connectivity index (χ1v) is 10.8. The molecule has 2 aliphatic heterocycles. The molecule has 0 atom stereocenters. The van der Waals surface area contributed by atoms with Gasteiger partial charge < -0.3 is 19.7 Å². The number of nitrogens with one attached hydrogen (secondary N) is 1. The van der Waals surface area contributed by atoms with Gasteiger partial charge in [0, 0.05) is 19.2 Å². The van der Waals surface area contributed by atoms with Crippen molar-refractivity contribution >= 4 is 34.7 Å². The first kappa shape index (κ1) is 22.1. The molecule has 1 fully saturated rings. The second kappa shape index (κ2) is 9.20. The van der Waals surface area contributed by atoms with E-state index in [-0.39, 0.29) is 29.7 Å². The van der Waals surface area contributed by atoms with Gasteiger partial charge in [0.15, 0.2) is 6.61 Å². The number of ether oxygens (including phenoxy) is 2. The molecular weight excluding hydrogens is 435 g/mol. The number of rotatable bonds is 5. The number of anilines is 1. The fourth-order valence-corrected chi connectivity index (χ4v) is 4.06. The second-order valence-electron chi connectivity index (χ2n) is 8.14. The number of allylic oxidation sites excluding steroid dienone is 1. The molecule has 2 heterocycles. The largest absolute Gasteiger partial charge is 0.492 e. The smallest absolute Gasteiger partial charge is 0.262 e. The van der Waals surface area contributed by atoms with Crippen LogP contribution >= 0.6 is 11.6 Å². The molecule has 0 aromatic heterocycles. The highest BCUT2D eigenvalue weighted by molar-refractivity contribution is 6.32. The van der Waals surface area contributed by atoms with Gasteiger partial charge >= 0.3 is 0 Å². The molecule has 0 aliphatic carbocycles. The Morgan fingerprint density at radius 2 is 2.06 bits per heavy atom. The van der Waals surface area contributed by atoms with Gasteiger partial charge in [-0.3, -0.25) is 9.59 Å². The quantitative estimate of drug-likeness (QED) is 0.700. The average molecular weight is 459 g/mol. The van der Waals surface area contributed by atoms with E-state index >= 15 is 0 Å². The summed E-state index contributed by atoms with van der Waals surface area (Å²) in [6.45, 7) is 7.14. The van der Waals surface area contributed by atoms with Crippen molar-refractivity contribution in [3.05, 3.63) is 58.9 Å². The van der Waals surface area contributed by atoms with Crippen LogP contribution in [-0.2, 0) is 4.79 Å². The van der Waals surface area contributed by atoms with Crippen LogP contribution in [0, 0.1) is 11.7 Å². The lowest BCUT2D eigenvalue weighted by Crippen LogP contribution is -2.40. The standard InChI is InChI=1S/C24H24ClFN2O4/c1-14(2)16-3-4-21(18(25)9-16)31-12-15-5-7-28(8-6-15)24(30)17-10-20-22(11-19(17)26)32-13-23(29)27-20/h3-4,9-11,15H,1,5-8,12-13H2,2H3,(H,27,29). The van der Waals surface area contributed by atoms with E-state index in [1.54, 1.807) is 4.90 Å². The number of hydrogen-bond acceptors (Lipinski definition) is 4. The van der Waals surface area contributed by atoms with Crippen LogP contribution in [0.2, 0.25) is 5.02 Å². The molecule has 6 nitrogen and oxygen atoms in total. The Morgan fingerprint density at radius 3 is 2.75 bits per heavy atom. The molecule has 2 aromatic rings. The van der Waals surface area contributed by atoms with E-state index in [1.807, 2.05) is 25.1 Å². The van der Waals surface area contributed by atoms with Gasteiger partial charge in [0.25, 0.3) is 11.8 Å². The number of hydrogen-bond donors (Lipinski definition) is 1. The van der Waals surface area contributed by atoms with Crippen LogP contribution < -0.4 is 14.8 Å². The first-order valence-electron chi connectivity index (χ1n) is 10.5. The van der Waals surface area contributed by atoms with Gasteiger partial charge in [-0.15, -0.1) is 0 Å². The summed E-state index contributed by atoms with van der Waals surface area (Å²) in [5.41, 5.74) is 2.13. The minimum absolute atomic E-state index is 0.0753. The maximum Gasteiger partial charge on any atom is 0.262 e. The highest BCUT2D eigenvalue weighted by Gasteiger charge is 2.28. The molecule has 1 saturated heterocycles. The minimum atomic E-state index is -0.664. The van der Waals surface area contributed by atoms with E-state index in [1.165, 1.54) is 6.07 Å². The predicted octanol–water partition coefficient (Wildman–Crippen LogP) is 4.77. The van der Waals surface area contributed by atoms with E-state index in [0.29, 0.717) is 36.2 Å². The van der Waals surface area contributed by atoms with Crippen molar-refractivity contribution in [2.24, 2.45) is 5.92 Å². The van der Waals surface area contributed by atoms with Crippen LogP contribution in [0.1, 0.15) is 35.7 Å². The van der Waals surface area contributed by atoms with Gasteiger partial charge in [-0.2, -0.15) is 0 Å². The van der Waals surface area contributed by atoms with Gasteiger partial charge in [-0.25, -0.2) is 4.39 Å². The third-order valence-corrected chi connectivity index (χ3v) is 6.03. The van der Waals surface area contributed by atoms with Crippen molar-refractivity contribution in [3.8, 4) is 11.5 Å². The fraction of sp³-hybridized carbons (Fsp3) is 0.333. The van der Waals surface area contributed by atoms with E-state index in [9.17, 15) is 14.0 Å². The van der Waals surface area contributed by atoms with Crippen LogP contribution in [0.25, 0.3) is 5.57 Å². The molecule has 2 amide bonds. The second-order valence-corrected chi connectivity index (χ2v) is 8.54. The number of fused-ring (bicyclic) bond motifs is 1. The molecule has 0 bridgehead atoms. The summed E-state index contributed by atoms with van der Waals surface area (Å²) in [4.78, 5) is 26.0. The normalized spacial score (nSPS) is 16.1. The number of carbonyl (C=O) groups excluding carboxylic acids is 2. The summed E-state index contributed by atoms with van der Waals surface area (Å²) < 4.78 is 25.6. The number of piperidine rings is 1. The summed E-state index contributed by atoms with van der Waals surface area (Å²) >= 11 is 6.31. The van der Waals surface area contributed by atoms with Crippen LogP contribution in [0.15, 0.2) is 36.9 Å². The third kappa shape index (κ3) is 4.72. The zero-order valence-corrected chi connectivity index (χ0v) is 18.5. The summed E-state index contributed by atoms with van der Waals surface area (Å²) in [5, 5.41) is 3.14. The molecule has 0 radical (unpaired) electrons. The fourth-order valence-electron chi connectivity index (χ4n) is 3.83. The number of halogens is 2. The maximum atomic E-state index is 14.5. The molecule has 2 aromatic carbocycles. The summed E-state index contributed by atoms with van der Waals surface area (Å²) in [7, 11) is 0. The minimum Gasteiger partial charge on any atom is -0.492 e. The van der Waals surface area contributed by atoms with Gasteiger partial charge in [-0.1, -0.05) is 29.8 Å². The lowest BCUT2D eigenvalue weighted by atomic mass is 9.97. The van der Waals surface area contributed by atoms with Crippen molar-refractivity contribution in [1.29, 1.82) is 0 Å². The summed E-state index contributed by atoms with van der Waals surface area (Å²) in [6.07, 6.45) is 1.47. The Labute approximate surface area is 190 Å². The van der Waals surface area contributed by atoms with Gasteiger partial charge in [0.2, 0.25) is 0 Å². The monoisotopic (exact) mass is 458 g/mol. The maximum absolute atomic E-state index is 14.5. The van der Waals surface area contributed by atoms with Crippen LogP contribution in [0.4, 0.5) is 10.1 Å². The molecule has 1 N–H and O–H groups in total. The lowest BCUT2D eigenvalue weighted by Gasteiger charge is -2.32. The number of nitrogens with zero attached hydrogens (tertiary/aromatic N) is 1. The molecule has 0 spiro atoms. The molecule has 168 valence electrons. The van der Waals surface area contributed by atoms with E-state index < -0.39 is 11.7 Å². The predicted molar refractivity (Wildman–Crippen MR) is 121 cm³/mol. The third-order valence-electron chi connectivity index (χ3n) is 5.73. The highest BCUT2D eigenvalue weighted by Crippen LogP contribution is 2.32. The molecule has 32 heavy (non-hydrogen) atoms. The van der Waals surface area contributed by atoms with Gasteiger partial charge in [-0.05, 0) is 49.4 Å². The number of amides is 2. The number of benzene rings is 2. The topological polar surface area (TPSA) is 67.9 Å². The molecule has 0 unspecified atom stereocenters. The average Bonchev–Trinajstić information content (AvgIpc) is 2.78. The van der Waals surface area contributed by atoms with E-state index in [0.717, 1.165) is 30.0 Å². The summed E-state index contributed by atoms with van der Waals surface area (Å²) in [5.74, 6) is -0.291. The molecule has 2 aliphatic rings. The van der Waals surface area contributed by atoms with Gasteiger partial charge in [0.1, 0.15) is 17.3 Å². The van der Waals surface area contributed by atoms with Crippen molar-refractivity contribution in [1.82, 2.24) is 4.90 Å². The number of carbonyl (C=O) groups is 2. The number of likely N-dealkylation sites (tertiary alicyclic amines) is 1. The zero-order valence-electron chi connectivity index (χ0n) is 17.7. The first-order chi connectivity index (χ1) is 15.3. The van der Waals surface area contributed by atoms with Gasteiger partial charge in [0.05, 0.1) is 22.9 Å². The van der Waals surface area contributed by atoms with Crippen LogP contribution in [0.3, 0.4) is 0 Å². The van der Waals surface area contributed by atoms with E-state index in [2.05, 4.69) is 11.9 Å². The Balaban J connectivity index is 1.34. The van der Waals surface area contributed by atoms with Crippen molar-refractivity contribution in [3.63, 3.8) is 0 Å². The zero-order chi connectivity index (χ0) is 22.8. The van der Waals surface area contributed by atoms with Crippen LogP contribution in [-0.4, -0.2) is 43.0 Å². The Bertz CT molecular complexity index is 1080. The Hall–Kier alpha value is -3.06. The van der Waals surface area contributed by atoms with Crippen molar-refractivity contribution in [2.45, 2.75) is 19.8 Å². The van der Waals surface area contributed by atoms with Crippen molar-refractivity contribution < 1.29 is 23.5 Å². The van der Waals surface area contributed by atoms with Crippen LogP contribution in [0.5, 0.6) is 11.5 Å². The molecule has 8 heteroatoms. The van der Waals surface area contributed by atoms with E-state index in [4.69, 9.17) is 21.1 Å². The SMILES string of the molecule is C=C(C)c1ccc(OCC2CCN(C(=O)c3cc4c(cc3F)OCC(=O)N4)CC2)c(Cl)c1. The summed E-state index contributed by atoms with van der Waals surface area (Å²) in [6, 6.07) is 8.08. The molecule has 4 rings (SSSR count). The highest BCUT2D eigenvalue weighted by atomic mass is 35.5. The van der Waals surface area contributed by atoms with Crippen molar-refractivity contribution in [2.75, 3.05) is 31.6 Å². The molecule has 0 saturated carbocycles. The lowest BCUT2D eigenvalue weighted by molar-refractivity contribution is -0.118. The Morgan fingerprint density at radius 1 is 1.31 bits per heavy atom.